The van der Waals surface area contributed by atoms with Gasteiger partial charge in [0.05, 0.1) is 6.04 Å². The van der Waals surface area contributed by atoms with Crippen molar-refractivity contribution in [2.75, 3.05) is 18.5 Å². The molecule has 1 aliphatic rings. The number of carbonyl (C=O) groups excluding carboxylic acids is 1. The minimum atomic E-state index is -0.324. The van der Waals surface area contributed by atoms with Crippen molar-refractivity contribution < 1.29 is 18.8 Å². The van der Waals surface area contributed by atoms with Crippen molar-refractivity contribution in [2.45, 2.75) is 32.9 Å². The number of hydrogen-bond acceptors (Lipinski definition) is 6. The molecule has 1 aromatic carbocycles. The maximum atomic E-state index is 12.3. The molecule has 0 radical (unpaired) electrons. The number of amides is 1. The summed E-state index contributed by atoms with van der Waals surface area (Å²) in [5.41, 5.74) is 1.03. The summed E-state index contributed by atoms with van der Waals surface area (Å²) < 4.78 is 16.0. The first kappa shape index (κ1) is 16.3. The van der Waals surface area contributed by atoms with Crippen molar-refractivity contribution in [3.8, 4) is 11.5 Å². The number of carbonyl (C=O) groups is 1. The molecule has 0 unspecified atom stereocenters. The molecule has 1 amide bonds. The molecule has 1 aliphatic heterocycles. The van der Waals surface area contributed by atoms with E-state index >= 15 is 0 Å². The van der Waals surface area contributed by atoms with Crippen molar-refractivity contribution in [2.24, 2.45) is 0 Å². The summed E-state index contributed by atoms with van der Waals surface area (Å²) in [6, 6.07) is 7.16. The standard InChI is InChI=1S/C17H21N3O4/c1-3-13(17(21)19-16-8-11(2)24-20-16)18-10-12-4-5-14-15(9-12)23-7-6-22-14/h4-5,8-9,13,18H,3,6-7,10H2,1-2H3,(H,19,20,21)/t13-/m1/s1. The van der Waals surface area contributed by atoms with Gasteiger partial charge in [-0.05, 0) is 31.0 Å². The van der Waals surface area contributed by atoms with Crippen LogP contribution in [0.5, 0.6) is 11.5 Å². The summed E-state index contributed by atoms with van der Waals surface area (Å²) in [5, 5.41) is 9.78. The molecule has 0 spiro atoms. The Hall–Kier alpha value is -2.54. The number of nitrogens with zero attached hydrogens (tertiary/aromatic N) is 1. The molecule has 0 saturated heterocycles. The zero-order valence-electron chi connectivity index (χ0n) is 13.8. The molecular weight excluding hydrogens is 310 g/mol. The second kappa shape index (κ2) is 7.35. The van der Waals surface area contributed by atoms with E-state index in [1.165, 1.54) is 0 Å². The van der Waals surface area contributed by atoms with Gasteiger partial charge in [0.25, 0.3) is 0 Å². The number of benzene rings is 1. The Balaban J connectivity index is 1.58. The van der Waals surface area contributed by atoms with Crippen molar-refractivity contribution in [3.63, 3.8) is 0 Å². The highest BCUT2D eigenvalue weighted by atomic mass is 16.6. The van der Waals surface area contributed by atoms with Crippen LogP contribution in [0, 0.1) is 6.92 Å². The molecule has 7 heteroatoms. The van der Waals surface area contributed by atoms with Gasteiger partial charge < -0.3 is 24.6 Å². The van der Waals surface area contributed by atoms with Crippen molar-refractivity contribution >= 4 is 11.7 Å². The third kappa shape index (κ3) is 3.86. The highest BCUT2D eigenvalue weighted by Crippen LogP contribution is 2.30. The molecule has 0 bridgehead atoms. The van der Waals surface area contributed by atoms with E-state index in [9.17, 15) is 4.79 Å². The molecule has 2 aromatic rings. The van der Waals surface area contributed by atoms with Crippen LogP contribution in [-0.4, -0.2) is 30.3 Å². The number of rotatable bonds is 6. The highest BCUT2D eigenvalue weighted by molar-refractivity contribution is 5.93. The normalized spacial score (nSPS) is 14.2. The second-order valence-corrected chi connectivity index (χ2v) is 5.63. The van der Waals surface area contributed by atoms with Crippen molar-refractivity contribution in [1.82, 2.24) is 10.5 Å². The molecule has 0 aliphatic carbocycles. The summed E-state index contributed by atoms with van der Waals surface area (Å²) in [5.74, 6) is 2.45. The molecule has 2 heterocycles. The number of aromatic nitrogens is 1. The van der Waals surface area contributed by atoms with E-state index in [-0.39, 0.29) is 11.9 Å². The van der Waals surface area contributed by atoms with Crippen molar-refractivity contribution in [1.29, 1.82) is 0 Å². The van der Waals surface area contributed by atoms with Crippen molar-refractivity contribution in [3.05, 3.63) is 35.6 Å². The lowest BCUT2D eigenvalue weighted by Gasteiger charge is -2.20. The fourth-order valence-electron chi connectivity index (χ4n) is 2.50. The van der Waals surface area contributed by atoms with Crippen LogP contribution in [0.2, 0.25) is 0 Å². The predicted octanol–water partition coefficient (Wildman–Crippen LogP) is 2.26. The van der Waals surface area contributed by atoms with Gasteiger partial charge in [-0.1, -0.05) is 18.1 Å². The maximum absolute atomic E-state index is 12.3. The van der Waals surface area contributed by atoms with Crippen LogP contribution in [0.4, 0.5) is 5.82 Å². The fraction of sp³-hybridized carbons (Fsp3) is 0.412. The topological polar surface area (TPSA) is 85.6 Å². The van der Waals surface area contributed by atoms with Crippen LogP contribution in [0.25, 0.3) is 0 Å². The zero-order chi connectivity index (χ0) is 16.9. The van der Waals surface area contributed by atoms with Gasteiger partial charge in [-0.2, -0.15) is 0 Å². The Morgan fingerprint density at radius 1 is 1.25 bits per heavy atom. The quantitative estimate of drug-likeness (QED) is 0.844. The van der Waals surface area contributed by atoms with Crippen LogP contribution in [0.15, 0.2) is 28.8 Å². The monoisotopic (exact) mass is 331 g/mol. The Bertz CT molecular complexity index is 714. The summed E-state index contributed by atoms with van der Waals surface area (Å²) >= 11 is 0. The first-order valence-electron chi connectivity index (χ1n) is 8.02. The Morgan fingerprint density at radius 2 is 2.04 bits per heavy atom. The van der Waals surface area contributed by atoms with Crippen LogP contribution in [0.1, 0.15) is 24.7 Å². The van der Waals surface area contributed by atoms with Crippen LogP contribution >= 0.6 is 0 Å². The lowest BCUT2D eigenvalue weighted by molar-refractivity contribution is -0.118. The summed E-state index contributed by atoms with van der Waals surface area (Å²) in [6.45, 7) is 5.42. The van der Waals surface area contributed by atoms with Gasteiger partial charge in [-0.3, -0.25) is 4.79 Å². The molecule has 1 aromatic heterocycles. The highest BCUT2D eigenvalue weighted by Gasteiger charge is 2.18. The molecule has 7 nitrogen and oxygen atoms in total. The zero-order valence-corrected chi connectivity index (χ0v) is 13.8. The number of hydrogen-bond donors (Lipinski definition) is 2. The minimum Gasteiger partial charge on any atom is -0.486 e. The lowest BCUT2D eigenvalue weighted by atomic mass is 10.1. The minimum absolute atomic E-state index is 0.136. The summed E-state index contributed by atoms with van der Waals surface area (Å²) in [7, 11) is 0. The molecule has 3 rings (SSSR count). The lowest BCUT2D eigenvalue weighted by Crippen LogP contribution is -2.39. The predicted molar refractivity (Wildman–Crippen MR) is 88.2 cm³/mol. The van der Waals surface area contributed by atoms with Gasteiger partial charge in [0.15, 0.2) is 17.3 Å². The third-order valence-corrected chi connectivity index (χ3v) is 3.76. The molecule has 1 atom stereocenters. The number of anilines is 1. The van der Waals surface area contributed by atoms with E-state index in [0.717, 1.165) is 17.1 Å². The Morgan fingerprint density at radius 3 is 2.75 bits per heavy atom. The number of ether oxygens (including phenoxy) is 2. The Labute approximate surface area is 140 Å². The largest absolute Gasteiger partial charge is 0.486 e. The van der Waals surface area contributed by atoms with Crippen LogP contribution in [-0.2, 0) is 11.3 Å². The van der Waals surface area contributed by atoms with E-state index < -0.39 is 0 Å². The molecule has 0 saturated carbocycles. The van der Waals surface area contributed by atoms with Gasteiger partial charge >= 0.3 is 0 Å². The maximum Gasteiger partial charge on any atom is 0.242 e. The summed E-state index contributed by atoms with van der Waals surface area (Å²) in [4.78, 5) is 12.3. The fourth-order valence-corrected chi connectivity index (χ4v) is 2.50. The van der Waals surface area contributed by atoms with Gasteiger partial charge in [-0.15, -0.1) is 0 Å². The Kier molecular flexibility index (Phi) is 5.00. The molecular formula is C17H21N3O4. The van der Waals surface area contributed by atoms with Gasteiger partial charge in [0.1, 0.15) is 19.0 Å². The average Bonchev–Trinajstić information content (AvgIpc) is 3.00. The molecule has 24 heavy (non-hydrogen) atoms. The number of fused-ring (bicyclic) bond motifs is 1. The summed E-state index contributed by atoms with van der Waals surface area (Å²) in [6.07, 6.45) is 0.660. The van der Waals surface area contributed by atoms with E-state index in [4.69, 9.17) is 14.0 Å². The van der Waals surface area contributed by atoms with Gasteiger partial charge in [0.2, 0.25) is 5.91 Å². The van der Waals surface area contributed by atoms with Gasteiger partial charge in [-0.25, -0.2) is 0 Å². The molecule has 128 valence electrons. The van der Waals surface area contributed by atoms with E-state index in [1.54, 1.807) is 13.0 Å². The average molecular weight is 331 g/mol. The van der Waals surface area contributed by atoms with E-state index in [1.807, 2.05) is 25.1 Å². The molecule has 0 fully saturated rings. The van der Waals surface area contributed by atoms with Gasteiger partial charge in [0, 0.05) is 12.6 Å². The SMILES string of the molecule is CC[C@@H](NCc1ccc2c(c1)OCCO2)C(=O)Nc1cc(C)on1. The first-order chi connectivity index (χ1) is 11.7. The third-order valence-electron chi connectivity index (χ3n) is 3.76. The second-order valence-electron chi connectivity index (χ2n) is 5.63. The molecule has 2 N–H and O–H groups in total. The van der Waals surface area contributed by atoms with E-state index in [0.29, 0.717) is 37.8 Å². The first-order valence-corrected chi connectivity index (χ1v) is 8.02. The number of nitrogens with one attached hydrogen (secondary N) is 2. The smallest absolute Gasteiger partial charge is 0.242 e. The van der Waals surface area contributed by atoms with Crippen LogP contribution in [0.3, 0.4) is 0 Å². The van der Waals surface area contributed by atoms with E-state index in [2.05, 4.69) is 15.8 Å². The van der Waals surface area contributed by atoms with Crippen LogP contribution < -0.4 is 20.1 Å². The number of aryl methyl sites for hydroxylation is 1.